The quantitative estimate of drug-likeness (QED) is 0.879. The minimum atomic E-state index is -0.429. The van der Waals surface area contributed by atoms with E-state index in [0.717, 1.165) is 25.9 Å². The first-order chi connectivity index (χ1) is 12.1. The zero-order valence-electron chi connectivity index (χ0n) is 13.4. The van der Waals surface area contributed by atoms with Gasteiger partial charge in [-0.3, -0.25) is 14.6 Å². The molecule has 0 spiro atoms. The summed E-state index contributed by atoms with van der Waals surface area (Å²) < 4.78 is 1.42. The molecule has 4 heterocycles. The first-order valence-corrected chi connectivity index (χ1v) is 8.82. The number of hydrogen-bond acceptors (Lipinski definition) is 7. The normalized spacial score (nSPS) is 18.1. The Kier molecular flexibility index (Phi) is 3.92. The molecule has 0 bridgehead atoms. The summed E-state index contributed by atoms with van der Waals surface area (Å²) in [4.78, 5) is 34.9. The topological polar surface area (TPSA) is 106 Å². The predicted octanol–water partition coefficient (Wildman–Crippen LogP) is 0.880. The largest absolute Gasteiger partial charge is 0.383 e. The Morgan fingerprint density at radius 3 is 2.88 bits per heavy atom. The summed E-state index contributed by atoms with van der Waals surface area (Å²) in [5.74, 6) is 0.250. The predicted molar refractivity (Wildman–Crippen MR) is 96.7 cm³/mol. The molecule has 4 rings (SSSR count). The minimum Gasteiger partial charge on any atom is -0.383 e. The van der Waals surface area contributed by atoms with Crippen LogP contribution in [-0.4, -0.2) is 44.7 Å². The van der Waals surface area contributed by atoms with Crippen LogP contribution in [-0.2, 0) is 11.2 Å². The van der Waals surface area contributed by atoms with Crippen molar-refractivity contribution in [2.45, 2.75) is 19.3 Å². The van der Waals surface area contributed by atoms with Gasteiger partial charge in [0.2, 0.25) is 10.9 Å². The first kappa shape index (κ1) is 15.7. The molecule has 2 aromatic rings. The van der Waals surface area contributed by atoms with E-state index in [1.54, 1.807) is 24.4 Å². The van der Waals surface area contributed by atoms with Crippen LogP contribution in [0, 0.1) is 0 Å². The van der Waals surface area contributed by atoms with Crippen molar-refractivity contribution < 1.29 is 4.79 Å². The van der Waals surface area contributed by atoms with Crippen LogP contribution in [0.25, 0.3) is 11.0 Å². The van der Waals surface area contributed by atoms with Gasteiger partial charge in [-0.05, 0) is 31.1 Å². The lowest BCUT2D eigenvalue weighted by Gasteiger charge is -2.13. The smallest absolute Gasteiger partial charge is 0.283 e. The number of aromatic nitrogens is 3. The van der Waals surface area contributed by atoms with Gasteiger partial charge in [0, 0.05) is 19.3 Å². The van der Waals surface area contributed by atoms with E-state index in [4.69, 9.17) is 5.73 Å². The highest BCUT2D eigenvalue weighted by Gasteiger charge is 2.21. The fourth-order valence-electron chi connectivity index (χ4n) is 2.88. The number of likely N-dealkylation sites (tertiary alicyclic amines) is 1. The maximum atomic E-state index is 12.3. The number of carbonyl (C=O) groups excluding carboxylic acids is 1. The van der Waals surface area contributed by atoms with Crippen LogP contribution >= 0.6 is 11.3 Å². The zero-order chi connectivity index (χ0) is 17.4. The molecule has 2 N–H and O–H groups in total. The summed E-state index contributed by atoms with van der Waals surface area (Å²) in [6, 6.07) is 0. The van der Waals surface area contributed by atoms with Crippen LogP contribution < -0.4 is 11.3 Å². The molecule has 1 saturated heterocycles. The molecule has 0 radical (unpaired) electrons. The number of hydrogen-bond donors (Lipinski definition) is 1. The Labute approximate surface area is 147 Å². The molecule has 1 fully saturated rings. The number of amides is 1. The van der Waals surface area contributed by atoms with Crippen LogP contribution in [0.4, 0.5) is 5.82 Å². The van der Waals surface area contributed by atoms with Crippen LogP contribution in [0.2, 0.25) is 0 Å². The summed E-state index contributed by atoms with van der Waals surface area (Å²) >= 11 is 1.21. The molecule has 0 unspecified atom stereocenters. The Bertz CT molecular complexity index is 980. The van der Waals surface area contributed by atoms with E-state index in [2.05, 4.69) is 15.1 Å². The van der Waals surface area contributed by atoms with Gasteiger partial charge in [-0.1, -0.05) is 11.3 Å². The van der Waals surface area contributed by atoms with Crippen LogP contribution in [0.1, 0.15) is 23.4 Å². The van der Waals surface area contributed by atoms with Crippen molar-refractivity contribution in [1.82, 2.24) is 19.5 Å². The molecule has 0 aliphatic carbocycles. The fourth-order valence-corrected chi connectivity index (χ4v) is 3.77. The van der Waals surface area contributed by atoms with E-state index in [0.29, 0.717) is 15.7 Å². The maximum absolute atomic E-state index is 12.3. The molecule has 2 aliphatic rings. The zero-order valence-corrected chi connectivity index (χ0v) is 14.2. The van der Waals surface area contributed by atoms with Gasteiger partial charge in [0.25, 0.3) is 5.56 Å². The monoisotopic (exact) mass is 356 g/mol. The van der Waals surface area contributed by atoms with Gasteiger partial charge in [-0.2, -0.15) is 14.6 Å². The third-order valence-electron chi connectivity index (χ3n) is 4.16. The number of nitrogens with zero attached hydrogens (tertiary/aromatic N) is 5. The highest BCUT2D eigenvalue weighted by molar-refractivity contribution is 7.16. The highest BCUT2D eigenvalue weighted by Crippen LogP contribution is 2.20. The van der Waals surface area contributed by atoms with Gasteiger partial charge < -0.3 is 10.6 Å². The SMILES string of the molecule is Nc1c(/C=C2/C=CC=N2)c(=O)nc2sc(CC(=O)N3CCCC3)nn12. The lowest BCUT2D eigenvalue weighted by Crippen LogP contribution is -2.29. The number of anilines is 1. The number of allylic oxidation sites excluding steroid dienone is 2. The first-order valence-electron chi connectivity index (χ1n) is 8.00. The van der Waals surface area contributed by atoms with Gasteiger partial charge >= 0.3 is 0 Å². The van der Waals surface area contributed by atoms with Crippen molar-refractivity contribution in [3.05, 3.63) is 38.8 Å². The third-order valence-corrected chi connectivity index (χ3v) is 5.07. The summed E-state index contributed by atoms with van der Waals surface area (Å²) in [6.45, 7) is 1.60. The Hall–Kier alpha value is -2.81. The average Bonchev–Trinajstić information content (AvgIpc) is 3.32. The number of aliphatic imine (C=N–C) groups is 1. The number of fused-ring (bicyclic) bond motifs is 1. The molecule has 25 heavy (non-hydrogen) atoms. The third kappa shape index (κ3) is 2.98. The molecule has 9 heteroatoms. The molecule has 0 atom stereocenters. The second kappa shape index (κ2) is 6.25. The molecular weight excluding hydrogens is 340 g/mol. The number of nitrogens with two attached hydrogens (primary N) is 1. The second-order valence-corrected chi connectivity index (χ2v) is 6.92. The minimum absolute atomic E-state index is 0.0471. The van der Waals surface area contributed by atoms with Crippen molar-refractivity contribution in [3.63, 3.8) is 0 Å². The molecule has 1 amide bonds. The lowest BCUT2D eigenvalue weighted by atomic mass is 10.2. The molecule has 0 saturated carbocycles. The van der Waals surface area contributed by atoms with Gasteiger partial charge in [0.05, 0.1) is 17.7 Å². The summed E-state index contributed by atoms with van der Waals surface area (Å²) in [5, 5.41) is 4.97. The van der Waals surface area contributed by atoms with Crippen molar-refractivity contribution >= 4 is 40.3 Å². The number of carbonyl (C=O) groups is 1. The van der Waals surface area contributed by atoms with Gasteiger partial charge in [0.1, 0.15) is 10.8 Å². The van der Waals surface area contributed by atoms with Crippen molar-refractivity contribution in [1.29, 1.82) is 0 Å². The van der Waals surface area contributed by atoms with E-state index in [9.17, 15) is 9.59 Å². The van der Waals surface area contributed by atoms with Gasteiger partial charge in [-0.15, -0.1) is 0 Å². The van der Waals surface area contributed by atoms with E-state index in [-0.39, 0.29) is 23.7 Å². The number of rotatable bonds is 3. The molecule has 2 aliphatic heterocycles. The lowest BCUT2D eigenvalue weighted by molar-refractivity contribution is -0.129. The molecule has 0 aromatic carbocycles. The van der Waals surface area contributed by atoms with Crippen molar-refractivity contribution in [3.8, 4) is 0 Å². The standard InChI is InChI=1S/C16H16N6O2S/c17-14-11(8-10-4-3-5-18-10)15(24)19-16-22(14)20-12(25-16)9-13(23)21-6-1-2-7-21/h3-5,8H,1-2,6-7,9,17H2/b10-8-. The van der Waals surface area contributed by atoms with Crippen LogP contribution in [0.5, 0.6) is 0 Å². The van der Waals surface area contributed by atoms with Crippen LogP contribution in [0.15, 0.2) is 27.6 Å². The fraction of sp³-hybridized carbons (Fsp3) is 0.312. The summed E-state index contributed by atoms with van der Waals surface area (Å²) in [7, 11) is 0. The Balaban J connectivity index is 1.68. The molecule has 2 aromatic heterocycles. The maximum Gasteiger partial charge on any atom is 0.283 e. The molecule has 128 valence electrons. The van der Waals surface area contributed by atoms with Crippen molar-refractivity contribution in [2.24, 2.45) is 4.99 Å². The molecule has 8 nitrogen and oxygen atoms in total. The van der Waals surface area contributed by atoms with Gasteiger partial charge in [-0.25, -0.2) is 0 Å². The Morgan fingerprint density at radius 2 is 2.16 bits per heavy atom. The average molecular weight is 356 g/mol. The summed E-state index contributed by atoms with van der Waals surface area (Å²) in [5.41, 5.74) is 6.57. The molecular formula is C16H16N6O2S. The van der Waals surface area contributed by atoms with E-state index in [1.165, 1.54) is 15.9 Å². The highest BCUT2D eigenvalue weighted by atomic mass is 32.1. The van der Waals surface area contributed by atoms with Crippen molar-refractivity contribution in [2.75, 3.05) is 18.8 Å². The summed E-state index contributed by atoms with van der Waals surface area (Å²) in [6.07, 6.45) is 9.06. The van der Waals surface area contributed by atoms with Gasteiger partial charge in [0.15, 0.2) is 0 Å². The second-order valence-electron chi connectivity index (χ2n) is 5.88. The number of nitrogen functional groups attached to an aromatic ring is 1. The Morgan fingerprint density at radius 1 is 1.36 bits per heavy atom. The van der Waals surface area contributed by atoms with Crippen LogP contribution in [0.3, 0.4) is 0 Å². The van der Waals surface area contributed by atoms with E-state index < -0.39 is 5.56 Å². The van der Waals surface area contributed by atoms with E-state index >= 15 is 0 Å². The van der Waals surface area contributed by atoms with E-state index in [1.807, 2.05) is 4.90 Å².